The summed E-state index contributed by atoms with van der Waals surface area (Å²) in [6.45, 7) is 0. The number of nitrogens with zero attached hydrogens (tertiary/aromatic N) is 4. The van der Waals surface area contributed by atoms with E-state index < -0.39 is 0 Å². The second kappa shape index (κ2) is 6.78. The van der Waals surface area contributed by atoms with Gasteiger partial charge in [0.1, 0.15) is 20.1 Å². The molecule has 4 bridgehead atoms. The summed E-state index contributed by atoms with van der Waals surface area (Å²) >= 11 is 6.99. The SMILES string of the molecule is C1=CC2CC1c1cc3nc4c(nc3cc12)SC(=C1Sc2nc3cc5c(cc3nc2S1)C1C=CC5C1)S4. The largest absolute Gasteiger partial charge is 0.237 e. The molecule has 36 heavy (non-hydrogen) atoms. The van der Waals surface area contributed by atoms with Crippen LogP contribution in [-0.2, 0) is 0 Å². The van der Waals surface area contributed by atoms with E-state index in [9.17, 15) is 0 Å². The Hall–Kier alpha value is -2.26. The molecule has 0 spiro atoms. The summed E-state index contributed by atoms with van der Waals surface area (Å²) < 4.78 is 2.50. The molecular weight excluding hydrogens is 521 g/mol. The number of hydrogen-bond acceptors (Lipinski definition) is 8. The molecule has 2 aromatic heterocycles. The van der Waals surface area contributed by atoms with Gasteiger partial charge >= 0.3 is 0 Å². The Morgan fingerprint density at radius 3 is 1.00 bits per heavy atom. The zero-order chi connectivity index (χ0) is 23.1. The number of fused-ring (bicyclic) bond motifs is 14. The van der Waals surface area contributed by atoms with Gasteiger partial charge in [-0.2, -0.15) is 0 Å². The highest BCUT2D eigenvalue weighted by molar-refractivity contribution is 8.30. The van der Waals surface area contributed by atoms with Crippen molar-refractivity contribution in [2.24, 2.45) is 0 Å². The van der Waals surface area contributed by atoms with Crippen molar-refractivity contribution in [3.05, 3.63) is 79.3 Å². The number of benzene rings is 2. The van der Waals surface area contributed by atoms with Gasteiger partial charge in [0.15, 0.2) is 0 Å². The van der Waals surface area contributed by atoms with Crippen molar-refractivity contribution in [2.75, 3.05) is 0 Å². The number of aromatic nitrogens is 4. The van der Waals surface area contributed by atoms with Gasteiger partial charge in [-0.05, 0) is 59.4 Å². The molecule has 6 aliphatic rings. The van der Waals surface area contributed by atoms with Gasteiger partial charge in [0, 0.05) is 23.7 Å². The minimum absolute atomic E-state index is 0.567. The molecule has 0 N–H and O–H groups in total. The Kier molecular flexibility index (Phi) is 3.73. The number of hydrogen-bond donors (Lipinski definition) is 0. The van der Waals surface area contributed by atoms with E-state index in [0.717, 1.165) is 42.2 Å². The van der Waals surface area contributed by atoms with Gasteiger partial charge < -0.3 is 0 Å². The molecule has 4 heterocycles. The predicted octanol–water partition coefficient (Wildman–Crippen LogP) is 8.08. The van der Waals surface area contributed by atoms with Crippen molar-refractivity contribution in [3.8, 4) is 0 Å². The molecule has 4 aliphatic carbocycles. The topological polar surface area (TPSA) is 51.6 Å². The molecule has 4 aromatic rings. The van der Waals surface area contributed by atoms with Gasteiger partial charge in [-0.3, -0.25) is 0 Å². The molecule has 172 valence electrons. The van der Waals surface area contributed by atoms with Crippen LogP contribution in [0, 0.1) is 0 Å². The first-order valence-electron chi connectivity index (χ1n) is 12.3. The highest BCUT2D eigenvalue weighted by Gasteiger charge is 2.36. The van der Waals surface area contributed by atoms with E-state index in [1.807, 2.05) is 0 Å². The Morgan fingerprint density at radius 2 is 0.722 bits per heavy atom. The maximum absolute atomic E-state index is 5.05. The minimum Gasteiger partial charge on any atom is -0.237 e. The second-order valence-electron chi connectivity index (χ2n) is 10.3. The van der Waals surface area contributed by atoms with Gasteiger partial charge in [-0.1, -0.05) is 71.4 Å². The second-order valence-corrected chi connectivity index (χ2v) is 14.8. The first kappa shape index (κ1) is 19.8. The van der Waals surface area contributed by atoms with Crippen LogP contribution in [-0.4, -0.2) is 19.9 Å². The fourth-order valence-electron chi connectivity index (χ4n) is 6.64. The van der Waals surface area contributed by atoms with Crippen LogP contribution in [0.2, 0.25) is 0 Å². The first-order valence-corrected chi connectivity index (χ1v) is 15.5. The first-order chi connectivity index (χ1) is 17.7. The van der Waals surface area contributed by atoms with Crippen molar-refractivity contribution >= 4 is 69.1 Å². The van der Waals surface area contributed by atoms with E-state index in [-0.39, 0.29) is 0 Å². The molecule has 10 rings (SSSR count). The van der Waals surface area contributed by atoms with E-state index in [0.29, 0.717) is 23.7 Å². The van der Waals surface area contributed by atoms with E-state index in [4.69, 9.17) is 19.9 Å². The fraction of sp³-hybridized carbons (Fsp3) is 0.214. The summed E-state index contributed by atoms with van der Waals surface area (Å²) in [5.41, 5.74) is 9.90. The smallest absolute Gasteiger partial charge is 0.135 e. The normalized spacial score (nSPS) is 27.6. The summed E-state index contributed by atoms with van der Waals surface area (Å²) in [6.07, 6.45) is 11.9. The lowest BCUT2D eigenvalue weighted by Crippen LogP contribution is -1.96. The summed E-state index contributed by atoms with van der Waals surface area (Å²) in [7, 11) is 0. The van der Waals surface area contributed by atoms with Crippen molar-refractivity contribution in [1.82, 2.24) is 19.9 Å². The van der Waals surface area contributed by atoms with Crippen LogP contribution < -0.4 is 0 Å². The molecule has 2 aromatic carbocycles. The summed E-state index contributed by atoms with van der Waals surface area (Å²) in [6, 6.07) is 9.15. The molecule has 2 aliphatic heterocycles. The Labute approximate surface area is 223 Å². The zero-order valence-electron chi connectivity index (χ0n) is 18.8. The van der Waals surface area contributed by atoms with Crippen molar-refractivity contribution in [1.29, 1.82) is 0 Å². The van der Waals surface area contributed by atoms with Crippen molar-refractivity contribution in [3.63, 3.8) is 0 Å². The van der Waals surface area contributed by atoms with Crippen LogP contribution in [0.3, 0.4) is 0 Å². The molecule has 0 radical (unpaired) electrons. The molecule has 4 unspecified atom stereocenters. The highest BCUT2D eigenvalue weighted by atomic mass is 32.2. The van der Waals surface area contributed by atoms with Crippen LogP contribution in [0.4, 0.5) is 0 Å². The van der Waals surface area contributed by atoms with Crippen LogP contribution in [0.5, 0.6) is 0 Å². The molecular formula is C28H16N4S4. The standard InChI is InChI=1S/C28H16N4S4/c1-2-12-5-11(1)15-7-19-20(8-16(12)15)30-24-23(29-19)33-27(34-24)28-35-25-26(36-28)32-22-10-18-14-4-3-13(6-14)17(18)9-21(22)31-25/h1-4,7-14H,5-6H2. The lowest BCUT2D eigenvalue weighted by Gasteiger charge is -2.11. The maximum Gasteiger partial charge on any atom is 0.135 e. The third kappa shape index (κ3) is 2.58. The Bertz CT molecular complexity index is 1580. The molecule has 0 amide bonds. The van der Waals surface area contributed by atoms with E-state index >= 15 is 0 Å². The lowest BCUT2D eigenvalue weighted by molar-refractivity contribution is 0.805. The number of thioether (sulfide) groups is 4. The van der Waals surface area contributed by atoms with Crippen LogP contribution in [0.1, 0.15) is 58.8 Å². The lowest BCUT2D eigenvalue weighted by atomic mass is 9.96. The van der Waals surface area contributed by atoms with E-state index in [2.05, 4.69) is 48.6 Å². The molecule has 4 nitrogen and oxygen atoms in total. The number of rotatable bonds is 0. The molecule has 0 fully saturated rings. The van der Waals surface area contributed by atoms with Crippen LogP contribution >= 0.6 is 47.0 Å². The third-order valence-corrected chi connectivity index (χ3v) is 13.5. The molecule has 4 atom stereocenters. The average molecular weight is 537 g/mol. The average Bonchev–Trinajstić information content (AvgIpc) is 3.73. The monoisotopic (exact) mass is 536 g/mol. The van der Waals surface area contributed by atoms with E-state index in [1.54, 1.807) is 47.0 Å². The van der Waals surface area contributed by atoms with Crippen LogP contribution in [0.25, 0.3) is 22.1 Å². The van der Waals surface area contributed by atoms with Gasteiger partial charge in [0.2, 0.25) is 0 Å². The van der Waals surface area contributed by atoms with Gasteiger partial charge in [0.25, 0.3) is 0 Å². The third-order valence-electron chi connectivity index (χ3n) is 8.30. The quantitative estimate of drug-likeness (QED) is 0.209. The summed E-state index contributed by atoms with van der Waals surface area (Å²) in [4.78, 5) is 20.2. The fourth-order valence-corrected chi connectivity index (χ4v) is 11.6. The molecule has 0 saturated carbocycles. The molecule has 0 saturated heterocycles. The Balaban J connectivity index is 1.01. The van der Waals surface area contributed by atoms with Gasteiger partial charge in [-0.25, -0.2) is 19.9 Å². The number of allylic oxidation sites excluding steroid dienone is 4. The predicted molar refractivity (Wildman–Crippen MR) is 148 cm³/mol. The zero-order valence-corrected chi connectivity index (χ0v) is 22.0. The summed E-state index contributed by atoms with van der Waals surface area (Å²) in [5.74, 6) is 2.27. The van der Waals surface area contributed by atoms with Crippen molar-refractivity contribution < 1.29 is 0 Å². The van der Waals surface area contributed by atoms with Gasteiger partial charge in [0.05, 0.1) is 30.5 Å². The van der Waals surface area contributed by atoms with Crippen molar-refractivity contribution in [2.45, 2.75) is 56.6 Å². The maximum atomic E-state index is 5.05. The van der Waals surface area contributed by atoms with E-state index in [1.165, 1.54) is 43.6 Å². The van der Waals surface area contributed by atoms with Gasteiger partial charge in [-0.15, -0.1) is 0 Å². The highest BCUT2D eigenvalue weighted by Crippen LogP contribution is 2.60. The van der Waals surface area contributed by atoms with Crippen LogP contribution in [0.15, 0.2) is 77.1 Å². The molecule has 8 heteroatoms. The minimum atomic E-state index is 0.567. The Morgan fingerprint density at radius 1 is 0.444 bits per heavy atom. The summed E-state index contributed by atoms with van der Waals surface area (Å²) in [5, 5.41) is 4.10.